The van der Waals surface area contributed by atoms with Crippen molar-refractivity contribution in [3.8, 4) is 0 Å². The highest BCUT2D eigenvalue weighted by Gasteiger charge is 2.21. The van der Waals surface area contributed by atoms with E-state index in [4.69, 9.17) is 4.74 Å². The van der Waals surface area contributed by atoms with Gasteiger partial charge in [-0.05, 0) is 56.4 Å². The molecule has 0 aliphatic heterocycles. The lowest BCUT2D eigenvalue weighted by Crippen LogP contribution is -2.07. The first-order valence-electron chi connectivity index (χ1n) is 7.70. The number of ether oxygens (including phenoxy) is 1. The largest absolute Gasteiger partial charge is 0.461 e. The molecule has 0 aliphatic carbocycles. The molecular formula is C19H21NO3S. The molecule has 2 rings (SSSR count). The standard InChI is InChI=1S/C19H21NO3S/c1-5-23-19(22)18-12(2)17(13(3)20-18)16(21)11-8-14-6-9-15(24-4)10-7-14/h6-11,20H,5H2,1-4H3/b11-8+. The number of carbonyl (C=O) groups excluding carboxylic acids is 2. The van der Waals surface area contributed by atoms with Gasteiger partial charge in [0, 0.05) is 16.2 Å². The Labute approximate surface area is 146 Å². The average molecular weight is 343 g/mol. The molecule has 0 unspecified atom stereocenters. The van der Waals surface area contributed by atoms with Crippen LogP contribution in [0.5, 0.6) is 0 Å². The normalized spacial score (nSPS) is 11.0. The van der Waals surface area contributed by atoms with E-state index >= 15 is 0 Å². The van der Waals surface area contributed by atoms with E-state index in [2.05, 4.69) is 4.98 Å². The van der Waals surface area contributed by atoms with E-state index in [1.165, 1.54) is 11.0 Å². The number of aromatic nitrogens is 1. The Bertz CT molecular complexity index is 773. The van der Waals surface area contributed by atoms with Gasteiger partial charge in [0.1, 0.15) is 5.69 Å². The molecule has 1 aromatic heterocycles. The number of hydrogen-bond acceptors (Lipinski definition) is 4. The second kappa shape index (κ2) is 8.02. The summed E-state index contributed by atoms with van der Waals surface area (Å²) >= 11 is 1.67. The Morgan fingerprint density at radius 1 is 1.21 bits per heavy atom. The summed E-state index contributed by atoms with van der Waals surface area (Å²) in [5.74, 6) is -0.570. The summed E-state index contributed by atoms with van der Waals surface area (Å²) in [6, 6.07) is 7.97. The van der Waals surface area contributed by atoms with Gasteiger partial charge in [0.05, 0.1) is 6.61 Å². The molecule has 4 nitrogen and oxygen atoms in total. The number of thioether (sulfide) groups is 1. The van der Waals surface area contributed by atoms with E-state index in [1.54, 1.807) is 38.6 Å². The van der Waals surface area contributed by atoms with Gasteiger partial charge < -0.3 is 9.72 Å². The van der Waals surface area contributed by atoms with Gasteiger partial charge >= 0.3 is 5.97 Å². The van der Waals surface area contributed by atoms with Crippen LogP contribution in [0.25, 0.3) is 6.08 Å². The van der Waals surface area contributed by atoms with Gasteiger partial charge in [-0.2, -0.15) is 0 Å². The molecule has 0 amide bonds. The van der Waals surface area contributed by atoms with Crippen molar-refractivity contribution in [1.29, 1.82) is 0 Å². The molecule has 1 heterocycles. The van der Waals surface area contributed by atoms with Crippen molar-refractivity contribution in [3.05, 3.63) is 58.4 Å². The van der Waals surface area contributed by atoms with Crippen molar-refractivity contribution in [1.82, 2.24) is 4.98 Å². The lowest BCUT2D eigenvalue weighted by atomic mass is 10.0. The molecule has 0 atom stereocenters. The van der Waals surface area contributed by atoms with Crippen molar-refractivity contribution in [3.63, 3.8) is 0 Å². The molecule has 24 heavy (non-hydrogen) atoms. The molecule has 1 aromatic carbocycles. The van der Waals surface area contributed by atoms with E-state index < -0.39 is 5.97 Å². The Balaban J connectivity index is 2.23. The molecule has 0 aliphatic rings. The molecule has 0 spiro atoms. The quantitative estimate of drug-likeness (QED) is 0.365. The highest BCUT2D eigenvalue weighted by molar-refractivity contribution is 7.98. The molecule has 5 heteroatoms. The molecule has 126 valence electrons. The SMILES string of the molecule is CCOC(=O)c1[nH]c(C)c(C(=O)/C=C/c2ccc(SC)cc2)c1C. The third-order valence-corrected chi connectivity index (χ3v) is 4.45. The van der Waals surface area contributed by atoms with Crippen LogP contribution >= 0.6 is 11.8 Å². The second-order valence-electron chi connectivity index (χ2n) is 5.32. The zero-order valence-corrected chi connectivity index (χ0v) is 15.1. The van der Waals surface area contributed by atoms with Crippen LogP contribution in [0.2, 0.25) is 0 Å². The zero-order chi connectivity index (χ0) is 17.7. The topological polar surface area (TPSA) is 59.2 Å². The monoisotopic (exact) mass is 343 g/mol. The highest BCUT2D eigenvalue weighted by Crippen LogP contribution is 2.21. The number of esters is 1. The minimum Gasteiger partial charge on any atom is -0.461 e. The molecule has 0 bridgehead atoms. The number of rotatable bonds is 6. The first kappa shape index (κ1) is 18.1. The second-order valence-corrected chi connectivity index (χ2v) is 6.20. The highest BCUT2D eigenvalue weighted by atomic mass is 32.2. The lowest BCUT2D eigenvalue weighted by molar-refractivity contribution is 0.0519. The van der Waals surface area contributed by atoms with Gasteiger partial charge in [0.2, 0.25) is 0 Å². The molecule has 0 saturated carbocycles. The number of carbonyl (C=O) groups is 2. The Hall–Kier alpha value is -2.27. The van der Waals surface area contributed by atoms with Crippen molar-refractivity contribution in [2.45, 2.75) is 25.7 Å². The first-order chi connectivity index (χ1) is 11.5. The fraction of sp³-hybridized carbons (Fsp3) is 0.263. The maximum absolute atomic E-state index is 12.5. The fourth-order valence-corrected chi connectivity index (χ4v) is 2.91. The fourth-order valence-electron chi connectivity index (χ4n) is 2.50. The number of benzene rings is 1. The van der Waals surface area contributed by atoms with Gasteiger partial charge in [-0.15, -0.1) is 11.8 Å². The van der Waals surface area contributed by atoms with Gasteiger partial charge in [-0.1, -0.05) is 18.2 Å². The summed E-state index contributed by atoms with van der Waals surface area (Å²) in [5.41, 5.74) is 3.12. The Kier molecular flexibility index (Phi) is 6.04. The predicted octanol–water partition coefficient (Wildman–Crippen LogP) is 4.43. The number of nitrogens with one attached hydrogen (secondary N) is 1. The summed E-state index contributed by atoms with van der Waals surface area (Å²) in [7, 11) is 0. The van der Waals surface area contributed by atoms with Crippen LogP contribution in [-0.4, -0.2) is 29.6 Å². The summed E-state index contributed by atoms with van der Waals surface area (Å²) in [4.78, 5) is 28.6. The minimum atomic E-state index is -0.436. The maximum Gasteiger partial charge on any atom is 0.355 e. The van der Waals surface area contributed by atoms with Crippen molar-refractivity contribution in [2.75, 3.05) is 12.9 Å². The van der Waals surface area contributed by atoms with Crippen LogP contribution in [0.15, 0.2) is 35.2 Å². The number of ketones is 1. The van der Waals surface area contributed by atoms with Crippen molar-refractivity contribution in [2.24, 2.45) is 0 Å². The number of aryl methyl sites for hydroxylation is 1. The third-order valence-electron chi connectivity index (χ3n) is 3.71. The first-order valence-corrected chi connectivity index (χ1v) is 8.93. The number of allylic oxidation sites excluding steroid dienone is 1. The molecular weight excluding hydrogens is 322 g/mol. The molecule has 0 fully saturated rings. The van der Waals surface area contributed by atoms with E-state index in [0.29, 0.717) is 29.1 Å². The smallest absolute Gasteiger partial charge is 0.355 e. The van der Waals surface area contributed by atoms with Crippen LogP contribution in [0.4, 0.5) is 0 Å². The van der Waals surface area contributed by atoms with Gasteiger partial charge in [0.15, 0.2) is 5.78 Å². The zero-order valence-electron chi connectivity index (χ0n) is 14.3. The van der Waals surface area contributed by atoms with Gasteiger partial charge in [-0.25, -0.2) is 4.79 Å². The Morgan fingerprint density at radius 3 is 2.46 bits per heavy atom. The lowest BCUT2D eigenvalue weighted by Gasteiger charge is -2.01. The number of H-pyrrole nitrogens is 1. The molecule has 0 radical (unpaired) electrons. The van der Waals surface area contributed by atoms with Crippen molar-refractivity contribution >= 4 is 29.6 Å². The molecule has 2 aromatic rings. The van der Waals surface area contributed by atoms with E-state index in [9.17, 15) is 9.59 Å². The average Bonchev–Trinajstić information content (AvgIpc) is 2.88. The van der Waals surface area contributed by atoms with Crippen LogP contribution in [0, 0.1) is 13.8 Å². The van der Waals surface area contributed by atoms with E-state index in [1.807, 2.05) is 30.5 Å². The number of hydrogen-bond donors (Lipinski definition) is 1. The summed E-state index contributed by atoms with van der Waals surface area (Å²) in [6.45, 7) is 5.58. The number of aromatic amines is 1. The van der Waals surface area contributed by atoms with Crippen LogP contribution in [0.1, 0.15) is 44.6 Å². The predicted molar refractivity (Wildman–Crippen MR) is 97.8 cm³/mol. The van der Waals surface area contributed by atoms with Crippen LogP contribution in [-0.2, 0) is 4.74 Å². The third kappa shape index (κ3) is 3.97. The summed E-state index contributed by atoms with van der Waals surface area (Å²) < 4.78 is 5.01. The Morgan fingerprint density at radius 2 is 1.88 bits per heavy atom. The molecule has 1 N–H and O–H groups in total. The van der Waals surface area contributed by atoms with Gasteiger partial charge in [-0.3, -0.25) is 4.79 Å². The minimum absolute atomic E-state index is 0.134. The van der Waals surface area contributed by atoms with E-state index in [-0.39, 0.29) is 5.78 Å². The van der Waals surface area contributed by atoms with E-state index in [0.717, 1.165) is 5.56 Å². The summed E-state index contributed by atoms with van der Waals surface area (Å²) in [6.07, 6.45) is 5.33. The van der Waals surface area contributed by atoms with Crippen LogP contribution < -0.4 is 0 Å². The maximum atomic E-state index is 12.5. The van der Waals surface area contributed by atoms with Crippen LogP contribution in [0.3, 0.4) is 0 Å². The summed E-state index contributed by atoms with van der Waals surface area (Å²) in [5, 5.41) is 0. The molecule has 0 saturated heterocycles. The van der Waals surface area contributed by atoms with Gasteiger partial charge in [0.25, 0.3) is 0 Å². The van der Waals surface area contributed by atoms with Crippen molar-refractivity contribution < 1.29 is 14.3 Å².